The van der Waals surface area contributed by atoms with Crippen molar-refractivity contribution in [3.63, 3.8) is 0 Å². The van der Waals surface area contributed by atoms with Crippen LogP contribution in [0.1, 0.15) is 32.3 Å². The standard InChI is InChI=1S/C19H32N4O3S.ClH/c1-5-23(6-2)27(25,26)18-12-16(10-9-15(18)3)21-19(24)14-22-11-7-8-17(13-22)20-4;/h9-10,12,17,20H,5-8,11,13-14H2,1-4H3,(H,21,24);1H. The smallest absolute Gasteiger partial charge is 0.243 e. The first-order valence-electron chi connectivity index (χ1n) is 9.62. The van der Waals surface area contributed by atoms with E-state index < -0.39 is 10.0 Å². The molecule has 0 radical (unpaired) electrons. The predicted molar refractivity (Wildman–Crippen MR) is 116 cm³/mol. The minimum absolute atomic E-state index is 0. The number of anilines is 1. The van der Waals surface area contributed by atoms with Crippen molar-refractivity contribution < 1.29 is 13.2 Å². The molecule has 0 aliphatic carbocycles. The number of carbonyl (C=O) groups excluding carboxylic acids is 1. The molecule has 2 N–H and O–H groups in total. The van der Waals surface area contributed by atoms with Gasteiger partial charge in [-0.3, -0.25) is 9.69 Å². The fraction of sp³-hybridized carbons (Fsp3) is 0.632. The molecule has 1 aromatic carbocycles. The second kappa shape index (κ2) is 11.1. The molecule has 9 heteroatoms. The number of amides is 1. The lowest BCUT2D eigenvalue weighted by atomic mass is 10.1. The second-order valence-corrected chi connectivity index (χ2v) is 8.89. The SMILES string of the molecule is CCN(CC)S(=O)(=O)c1cc(NC(=O)CN2CCCC(NC)C2)ccc1C.Cl. The lowest BCUT2D eigenvalue weighted by Gasteiger charge is -2.31. The maximum Gasteiger partial charge on any atom is 0.243 e. The van der Waals surface area contributed by atoms with E-state index >= 15 is 0 Å². The quantitative estimate of drug-likeness (QED) is 0.657. The predicted octanol–water partition coefficient (Wildman–Crippen LogP) is 2.07. The van der Waals surface area contributed by atoms with Gasteiger partial charge in [0.1, 0.15) is 0 Å². The van der Waals surface area contributed by atoms with Gasteiger partial charge in [0, 0.05) is 31.4 Å². The van der Waals surface area contributed by atoms with Gasteiger partial charge < -0.3 is 10.6 Å². The second-order valence-electron chi connectivity index (χ2n) is 6.98. The van der Waals surface area contributed by atoms with E-state index in [2.05, 4.69) is 15.5 Å². The van der Waals surface area contributed by atoms with Crippen molar-refractivity contribution in [1.82, 2.24) is 14.5 Å². The summed E-state index contributed by atoms with van der Waals surface area (Å²) in [6.45, 7) is 8.29. The number of halogens is 1. The zero-order valence-corrected chi connectivity index (χ0v) is 18.8. The van der Waals surface area contributed by atoms with E-state index in [1.807, 2.05) is 20.9 Å². The molecule has 1 aliphatic rings. The Hall–Kier alpha value is -1.19. The topological polar surface area (TPSA) is 81.8 Å². The van der Waals surface area contributed by atoms with Gasteiger partial charge in [0.15, 0.2) is 0 Å². The molecule has 0 spiro atoms. The summed E-state index contributed by atoms with van der Waals surface area (Å²) < 4.78 is 27.1. The molecule has 1 amide bonds. The third kappa shape index (κ3) is 6.15. The van der Waals surface area contributed by atoms with Crippen LogP contribution < -0.4 is 10.6 Å². The lowest BCUT2D eigenvalue weighted by Crippen LogP contribution is -2.46. The van der Waals surface area contributed by atoms with E-state index in [1.54, 1.807) is 25.1 Å². The van der Waals surface area contributed by atoms with Crippen LogP contribution in [0, 0.1) is 6.92 Å². The molecular formula is C19H33ClN4O3S. The number of hydrogen-bond acceptors (Lipinski definition) is 5. The highest BCUT2D eigenvalue weighted by molar-refractivity contribution is 7.89. The fourth-order valence-electron chi connectivity index (χ4n) is 3.50. The van der Waals surface area contributed by atoms with Crippen LogP contribution in [0.2, 0.25) is 0 Å². The van der Waals surface area contributed by atoms with E-state index in [-0.39, 0.29) is 23.2 Å². The molecule has 7 nitrogen and oxygen atoms in total. The number of carbonyl (C=O) groups is 1. The van der Waals surface area contributed by atoms with Gasteiger partial charge in [-0.2, -0.15) is 4.31 Å². The molecule has 160 valence electrons. The van der Waals surface area contributed by atoms with Crippen molar-refractivity contribution in [2.75, 3.05) is 45.1 Å². The first kappa shape index (κ1) is 24.8. The van der Waals surface area contributed by atoms with Crippen LogP contribution >= 0.6 is 12.4 Å². The van der Waals surface area contributed by atoms with Gasteiger partial charge in [0.2, 0.25) is 15.9 Å². The zero-order chi connectivity index (χ0) is 20.0. The minimum atomic E-state index is -3.56. The summed E-state index contributed by atoms with van der Waals surface area (Å²) >= 11 is 0. The number of likely N-dealkylation sites (N-methyl/N-ethyl adjacent to an activating group) is 1. The summed E-state index contributed by atoms with van der Waals surface area (Å²) in [5.41, 5.74) is 1.19. The van der Waals surface area contributed by atoms with Gasteiger partial charge in [-0.15, -0.1) is 12.4 Å². The molecule has 1 aliphatic heterocycles. The van der Waals surface area contributed by atoms with Crippen molar-refractivity contribution in [1.29, 1.82) is 0 Å². The van der Waals surface area contributed by atoms with Crippen LogP contribution in [0.15, 0.2) is 23.1 Å². The molecule has 1 saturated heterocycles. The Morgan fingerprint density at radius 2 is 1.96 bits per heavy atom. The van der Waals surface area contributed by atoms with Gasteiger partial charge in [0.25, 0.3) is 0 Å². The number of piperidine rings is 1. The van der Waals surface area contributed by atoms with Gasteiger partial charge in [-0.25, -0.2) is 8.42 Å². The molecule has 28 heavy (non-hydrogen) atoms. The average Bonchev–Trinajstić information content (AvgIpc) is 2.64. The number of aryl methyl sites for hydroxylation is 1. The monoisotopic (exact) mass is 432 g/mol. The fourth-order valence-corrected chi connectivity index (χ4v) is 5.21. The van der Waals surface area contributed by atoms with Crippen LogP contribution in [0.25, 0.3) is 0 Å². The van der Waals surface area contributed by atoms with Crippen LogP contribution in [0.4, 0.5) is 5.69 Å². The van der Waals surface area contributed by atoms with Gasteiger partial charge in [0.05, 0.1) is 11.4 Å². The number of rotatable bonds is 8. The molecule has 1 heterocycles. The molecular weight excluding hydrogens is 400 g/mol. The van der Waals surface area contributed by atoms with Gasteiger partial charge in [-0.1, -0.05) is 19.9 Å². The number of nitrogens with zero attached hydrogens (tertiary/aromatic N) is 2. The van der Waals surface area contributed by atoms with Crippen LogP contribution in [-0.4, -0.2) is 69.3 Å². The highest BCUT2D eigenvalue weighted by Gasteiger charge is 2.24. The van der Waals surface area contributed by atoms with Crippen LogP contribution in [-0.2, 0) is 14.8 Å². The Kier molecular flexibility index (Phi) is 9.86. The van der Waals surface area contributed by atoms with E-state index in [9.17, 15) is 13.2 Å². The Morgan fingerprint density at radius 1 is 1.29 bits per heavy atom. The van der Waals surface area contributed by atoms with E-state index in [0.29, 0.717) is 36.9 Å². The third-order valence-corrected chi connectivity index (χ3v) is 7.27. The first-order chi connectivity index (χ1) is 12.8. The van der Waals surface area contributed by atoms with Crippen LogP contribution in [0.5, 0.6) is 0 Å². The summed E-state index contributed by atoms with van der Waals surface area (Å²) in [6.07, 6.45) is 2.19. The lowest BCUT2D eigenvalue weighted by molar-refractivity contribution is -0.117. The minimum Gasteiger partial charge on any atom is -0.325 e. The van der Waals surface area contributed by atoms with Gasteiger partial charge in [-0.05, 0) is 51.1 Å². The van der Waals surface area contributed by atoms with Crippen molar-refractivity contribution in [2.45, 2.75) is 44.6 Å². The number of sulfonamides is 1. The summed E-state index contributed by atoms with van der Waals surface area (Å²) in [6, 6.07) is 5.47. The number of benzene rings is 1. The summed E-state index contributed by atoms with van der Waals surface area (Å²) in [5.74, 6) is -0.123. The molecule has 1 unspecified atom stereocenters. The van der Waals surface area contributed by atoms with Gasteiger partial charge >= 0.3 is 0 Å². The van der Waals surface area contributed by atoms with Crippen molar-refractivity contribution in [3.8, 4) is 0 Å². The summed E-state index contributed by atoms with van der Waals surface area (Å²) in [5, 5.41) is 6.12. The van der Waals surface area contributed by atoms with Crippen molar-refractivity contribution in [3.05, 3.63) is 23.8 Å². The van der Waals surface area contributed by atoms with Crippen LogP contribution in [0.3, 0.4) is 0 Å². The van der Waals surface area contributed by atoms with E-state index in [0.717, 1.165) is 25.9 Å². The maximum atomic E-state index is 12.8. The van der Waals surface area contributed by atoms with E-state index in [4.69, 9.17) is 0 Å². The molecule has 0 bridgehead atoms. The number of likely N-dealkylation sites (tertiary alicyclic amines) is 1. The summed E-state index contributed by atoms with van der Waals surface area (Å²) in [7, 11) is -1.62. The molecule has 0 aromatic heterocycles. The Balaban J connectivity index is 0.00000392. The third-order valence-electron chi connectivity index (χ3n) is 5.08. The normalized spacial score (nSPS) is 18.0. The van der Waals surface area contributed by atoms with Crippen molar-refractivity contribution >= 4 is 34.0 Å². The largest absolute Gasteiger partial charge is 0.325 e. The molecule has 1 atom stereocenters. The Bertz CT molecular complexity index is 754. The number of nitrogens with one attached hydrogen (secondary N) is 2. The Morgan fingerprint density at radius 3 is 2.57 bits per heavy atom. The maximum absolute atomic E-state index is 12.8. The highest BCUT2D eigenvalue weighted by Crippen LogP contribution is 2.23. The molecule has 0 saturated carbocycles. The number of hydrogen-bond donors (Lipinski definition) is 2. The average molecular weight is 433 g/mol. The molecule has 1 fully saturated rings. The Labute approximate surface area is 175 Å². The van der Waals surface area contributed by atoms with E-state index in [1.165, 1.54) is 4.31 Å². The highest BCUT2D eigenvalue weighted by atomic mass is 35.5. The van der Waals surface area contributed by atoms with Crippen molar-refractivity contribution in [2.24, 2.45) is 0 Å². The summed E-state index contributed by atoms with van der Waals surface area (Å²) in [4.78, 5) is 14.8. The molecule has 2 rings (SSSR count). The zero-order valence-electron chi connectivity index (χ0n) is 17.2. The first-order valence-corrected chi connectivity index (χ1v) is 11.1. The molecule has 1 aromatic rings.